The quantitative estimate of drug-likeness (QED) is 0.149. The Labute approximate surface area is 224 Å². The van der Waals surface area contributed by atoms with Gasteiger partial charge in [-0.1, -0.05) is 0 Å². The molecule has 0 aliphatic heterocycles. The average molecular weight is 527 g/mol. The zero-order valence-electron chi connectivity index (χ0n) is 23.5. The first-order valence-electron chi connectivity index (χ1n) is 12.4. The largest absolute Gasteiger partial charge is 0.493 e. The van der Waals surface area contributed by atoms with Crippen LogP contribution in [0.5, 0.6) is 17.2 Å². The minimum absolute atomic E-state index is 0.203. The van der Waals surface area contributed by atoms with Crippen molar-refractivity contribution in [1.29, 1.82) is 0 Å². The maximum atomic E-state index is 12.7. The third-order valence-electron chi connectivity index (χ3n) is 5.21. The lowest BCUT2D eigenvalue weighted by Crippen LogP contribution is -2.24. The van der Waals surface area contributed by atoms with E-state index in [1.165, 1.54) is 6.08 Å². The van der Waals surface area contributed by atoms with Crippen molar-refractivity contribution >= 4 is 23.8 Å². The van der Waals surface area contributed by atoms with Gasteiger partial charge in [-0.25, -0.2) is 0 Å². The van der Waals surface area contributed by atoms with Crippen LogP contribution in [0.1, 0.15) is 70.0 Å². The lowest BCUT2D eigenvalue weighted by molar-refractivity contribution is -0.160. The fraction of sp³-hybridized carbons (Fsp3) is 0.433. The van der Waals surface area contributed by atoms with Gasteiger partial charge in [0.25, 0.3) is 0 Å². The Balaban J connectivity index is 2.04. The van der Waals surface area contributed by atoms with Gasteiger partial charge in [0.1, 0.15) is 17.2 Å². The summed E-state index contributed by atoms with van der Waals surface area (Å²) in [5.74, 6) is 0.604. The molecule has 0 saturated carbocycles. The van der Waals surface area contributed by atoms with Crippen LogP contribution < -0.4 is 14.2 Å². The molecule has 0 aromatic heterocycles. The number of ether oxygens (including phenoxy) is 5. The van der Waals surface area contributed by atoms with Gasteiger partial charge in [0, 0.05) is 17.2 Å². The summed E-state index contributed by atoms with van der Waals surface area (Å²) in [5.41, 5.74) is 0.736. The second-order valence-corrected chi connectivity index (χ2v) is 10.7. The van der Waals surface area contributed by atoms with Crippen LogP contribution in [0.3, 0.4) is 0 Å². The fourth-order valence-electron chi connectivity index (χ4n) is 2.97. The molecule has 2 rings (SSSR count). The van der Waals surface area contributed by atoms with E-state index in [2.05, 4.69) is 0 Å². The Morgan fingerprint density at radius 3 is 1.84 bits per heavy atom. The molecule has 0 unspecified atom stereocenters. The third-order valence-corrected chi connectivity index (χ3v) is 5.21. The summed E-state index contributed by atoms with van der Waals surface area (Å²) in [6.45, 7) is 14.3. The number of carbonyl (C=O) groups excluding carboxylic acids is 3. The number of hydrogen-bond donors (Lipinski definition) is 0. The van der Waals surface area contributed by atoms with Gasteiger partial charge in [-0.3, -0.25) is 14.4 Å². The highest BCUT2D eigenvalue weighted by Gasteiger charge is 2.24. The summed E-state index contributed by atoms with van der Waals surface area (Å²) in [5, 5.41) is 0. The van der Waals surface area contributed by atoms with E-state index in [-0.39, 0.29) is 31.3 Å². The van der Waals surface area contributed by atoms with Crippen molar-refractivity contribution in [3.05, 3.63) is 59.2 Å². The number of esters is 2. The first-order chi connectivity index (χ1) is 17.7. The van der Waals surface area contributed by atoms with E-state index < -0.39 is 10.8 Å². The number of rotatable bonds is 11. The summed E-state index contributed by atoms with van der Waals surface area (Å²) in [6, 6.07) is 10.1. The molecule has 8 nitrogen and oxygen atoms in total. The van der Waals surface area contributed by atoms with Crippen LogP contribution >= 0.6 is 0 Å². The maximum Gasteiger partial charge on any atom is 0.314 e. The molecule has 0 saturated heterocycles. The second-order valence-electron chi connectivity index (χ2n) is 10.7. The van der Waals surface area contributed by atoms with Crippen LogP contribution in [-0.4, -0.2) is 37.9 Å². The van der Waals surface area contributed by atoms with Gasteiger partial charge in [0.2, 0.25) is 13.6 Å². The van der Waals surface area contributed by atoms with E-state index in [0.29, 0.717) is 35.0 Å². The van der Waals surface area contributed by atoms with Gasteiger partial charge in [-0.15, -0.1) is 0 Å². The Hall–Kier alpha value is -3.81. The molecule has 0 aliphatic rings. The lowest BCUT2D eigenvalue weighted by Gasteiger charge is -2.18. The van der Waals surface area contributed by atoms with Crippen LogP contribution in [0.25, 0.3) is 6.08 Å². The predicted molar refractivity (Wildman–Crippen MR) is 144 cm³/mol. The molecule has 0 N–H and O–H groups in total. The SMILES string of the molecule is CCOc1cc(OCOC(=O)C(C)(C)C)c(C)cc1C=CC(=O)c1ccc(OCOC(=O)C(C)(C)C)cc1. The predicted octanol–water partition coefficient (Wildman–Crippen LogP) is 6.14. The summed E-state index contributed by atoms with van der Waals surface area (Å²) < 4.78 is 27.1. The molecular formula is C30H38O8. The molecule has 8 heteroatoms. The molecular weight excluding hydrogens is 488 g/mol. The highest BCUT2D eigenvalue weighted by atomic mass is 16.7. The van der Waals surface area contributed by atoms with Crippen LogP contribution in [0.15, 0.2) is 42.5 Å². The molecule has 0 amide bonds. The van der Waals surface area contributed by atoms with Crippen LogP contribution in [0.4, 0.5) is 0 Å². The number of aryl methyl sites for hydroxylation is 1. The topological polar surface area (TPSA) is 97.4 Å². The molecule has 206 valence electrons. The van der Waals surface area contributed by atoms with Crippen LogP contribution in [0.2, 0.25) is 0 Å². The van der Waals surface area contributed by atoms with Crippen molar-refractivity contribution in [3.8, 4) is 17.2 Å². The molecule has 0 fully saturated rings. The number of allylic oxidation sites excluding steroid dienone is 1. The molecule has 0 atom stereocenters. The zero-order chi connectivity index (χ0) is 28.5. The number of ketones is 1. The van der Waals surface area contributed by atoms with E-state index in [1.54, 1.807) is 78.0 Å². The molecule has 0 radical (unpaired) electrons. The number of benzene rings is 2. The molecule has 0 spiro atoms. The van der Waals surface area contributed by atoms with Crippen LogP contribution in [0, 0.1) is 17.8 Å². The summed E-state index contributed by atoms with van der Waals surface area (Å²) in [6.07, 6.45) is 3.14. The Kier molecular flexibility index (Phi) is 10.5. The highest BCUT2D eigenvalue weighted by Crippen LogP contribution is 2.30. The van der Waals surface area contributed by atoms with Gasteiger partial charge >= 0.3 is 11.9 Å². The minimum Gasteiger partial charge on any atom is -0.493 e. The van der Waals surface area contributed by atoms with Gasteiger partial charge in [0.15, 0.2) is 5.78 Å². The minimum atomic E-state index is -0.621. The fourth-order valence-corrected chi connectivity index (χ4v) is 2.97. The first-order valence-corrected chi connectivity index (χ1v) is 12.4. The monoisotopic (exact) mass is 526 g/mol. The van der Waals surface area contributed by atoms with Crippen molar-refractivity contribution in [2.24, 2.45) is 10.8 Å². The van der Waals surface area contributed by atoms with Gasteiger partial charge in [-0.2, -0.15) is 0 Å². The van der Waals surface area contributed by atoms with E-state index >= 15 is 0 Å². The zero-order valence-corrected chi connectivity index (χ0v) is 23.5. The summed E-state index contributed by atoms with van der Waals surface area (Å²) in [4.78, 5) is 36.5. The van der Waals surface area contributed by atoms with Gasteiger partial charge < -0.3 is 23.7 Å². The van der Waals surface area contributed by atoms with E-state index in [9.17, 15) is 14.4 Å². The first kappa shape index (κ1) is 30.4. The van der Waals surface area contributed by atoms with Gasteiger partial charge in [-0.05, 0) is 103 Å². The summed E-state index contributed by atoms with van der Waals surface area (Å²) in [7, 11) is 0. The van der Waals surface area contributed by atoms with Crippen LogP contribution in [-0.2, 0) is 19.1 Å². The van der Waals surface area contributed by atoms with Gasteiger partial charge in [0.05, 0.1) is 17.4 Å². The Morgan fingerprint density at radius 1 is 0.763 bits per heavy atom. The van der Waals surface area contributed by atoms with E-state index in [0.717, 1.165) is 5.56 Å². The lowest BCUT2D eigenvalue weighted by atomic mass is 9.97. The normalized spacial score (nSPS) is 11.7. The highest BCUT2D eigenvalue weighted by molar-refractivity contribution is 6.07. The van der Waals surface area contributed by atoms with Crippen molar-refractivity contribution < 1.29 is 38.1 Å². The standard InChI is InChI=1S/C30H38O8/c1-9-34-26-17-25(36-19-38-28(33)30(6,7)8)20(2)16-22(26)12-15-24(31)21-10-13-23(14-11-21)35-18-37-27(32)29(3,4)5/h10-17H,9,18-19H2,1-8H3. The second kappa shape index (κ2) is 13.1. The maximum absolute atomic E-state index is 12.7. The van der Waals surface area contributed by atoms with Crippen molar-refractivity contribution in [2.75, 3.05) is 20.2 Å². The van der Waals surface area contributed by atoms with Crippen molar-refractivity contribution in [2.45, 2.75) is 55.4 Å². The average Bonchev–Trinajstić information content (AvgIpc) is 2.83. The number of hydrogen-bond acceptors (Lipinski definition) is 8. The molecule has 2 aromatic rings. The van der Waals surface area contributed by atoms with E-state index in [1.807, 2.05) is 19.9 Å². The molecule has 0 heterocycles. The van der Waals surface area contributed by atoms with E-state index in [4.69, 9.17) is 23.7 Å². The Morgan fingerprint density at radius 2 is 1.32 bits per heavy atom. The third kappa shape index (κ3) is 9.25. The summed E-state index contributed by atoms with van der Waals surface area (Å²) >= 11 is 0. The Bertz CT molecular complexity index is 1150. The smallest absolute Gasteiger partial charge is 0.314 e. The number of carbonyl (C=O) groups is 3. The molecule has 0 bridgehead atoms. The van der Waals surface area contributed by atoms with Crippen molar-refractivity contribution in [3.63, 3.8) is 0 Å². The molecule has 0 aliphatic carbocycles. The molecule has 38 heavy (non-hydrogen) atoms. The molecule has 2 aromatic carbocycles. The van der Waals surface area contributed by atoms with Crippen molar-refractivity contribution in [1.82, 2.24) is 0 Å².